The average molecular weight is 255 g/mol. The summed E-state index contributed by atoms with van der Waals surface area (Å²) >= 11 is 0. The number of carboxylic acid groups (broad SMARTS) is 1. The van der Waals surface area contributed by atoms with Crippen LogP contribution in [0.4, 0.5) is 0 Å². The Kier molecular flexibility index (Phi) is 4.22. The smallest absolute Gasteiger partial charge is 0.307 e. The molecule has 1 saturated heterocycles. The van der Waals surface area contributed by atoms with Gasteiger partial charge in [0.25, 0.3) is 0 Å². The molecule has 5 nitrogen and oxygen atoms in total. The fourth-order valence-electron chi connectivity index (χ4n) is 2.98. The zero-order valence-corrected chi connectivity index (χ0v) is 10.8. The molecule has 1 N–H and O–H groups in total. The molecular formula is C13H21NO4. The summed E-state index contributed by atoms with van der Waals surface area (Å²) in [4.78, 5) is 25.4. The highest BCUT2D eigenvalue weighted by Gasteiger charge is 2.38. The van der Waals surface area contributed by atoms with Gasteiger partial charge in [0.05, 0.1) is 24.5 Å². The van der Waals surface area contributed by atoms with Crippen molar-refractivity contribution in [2.75, 3.05) is 19.7 Å². The second-order valence-electron chi connectivity index (χ2n) is 5.30. The van der Waals surface area contributed by atoms with E-state index < -0.39 is 11.9 Å². The number of carboxylic acids is 1. The minimum absolute atomic E-state index is 0.0113. The van der Waals surface area contributed by atoms with Gasteiger partial charge in [0.15, 0.2) is 0 Å². The van der Waals surface area contributed by atoms with Crippen molar-refractivity contribution in [3.8, 4) is 0 Å². The summed E-state index contributed by atoms with van der Waals surface area (Å²) in [6.07, 6.45) is 3.27. The Hall–Kier alpha value is -1.10. The average Bonchev–Trinajstić information content (AvgIpc) is 2.38. The summed E-state index contributed by atoms with van der Waals surface area (Å²) in [6, 6.07) is 0. The van der Waals surface area contributed by atoms with Crippen LogP contribution in [0.1, 0.15) is 32.6 Å². The van der Waals surface area contributed by atoms with Crippen LogP contribution in [0.25, 0.3) is 0 Å². The predicted octanol–water partition coefficient (Wildman–Crippen LogP) is 1.12. The van der Waals surface area contributed by atoms with Crippen molar-refractivity contribution < 1.29 is 19.4 Å². The number of rotatable bonds is 2. The Morgan fingerprint density at radius 3 is 2.50 bits per heavy atom. The van der Waals surface area contributed by atoms with E-state index in [1.807, 2.05) is 6.92 Å². The van der Waals surface area contributed by atoms with Crippen LogP contribution in [-0.2, 0) is 14.3 Å². The van der Waals surface area contributed by atoms with Gasteiger partial charge in [0.1, 0.15) is 0 Å². The molecule has 0 spiro atoms. The molecule has 5 heteroatoms. The molecule has 1 aliphatic carbocycles. The SMILES string of the molecule is CC1CN(C(=O)[C@@H]2CCCC[C@@H]2C(=O)O)CCO1. The number of nitrogens with zero attached hydrogens (tertiary/aromatic N) is 1. The van der Waals surface area contributed by atoms with Crippen molar-refractivity contribution in [3.63, 3.8) is 0 Å². The lowest BCUT2D eigenvalue weighted by Gasteiger charge is -2.36. The lowest BCUT2D eigenvalue weighted by atomic mass is 9.78. The molecular weight excluding hydrogens is 234 g/mol. The predicted molar refractivity (Wildman–Crippen MR) is 65.1 cm³/mol. The summed E-state index contributed by atoms with van der Waals surface area (Å²) in [7, 11) is 0. The van der Waals surface area contributed by atoms with E-state index in [0.29, 0.717) is 32.5 Å². The minimum Gasteiger partial charge on any atom is -0.481 e. The highest BCUT2D eigenvalue weighted by atomic mass is 16.5. The maximum atomic E-state index is 12.4. The van der Waals surface area contributed by atoms with Gasteiger partial charge in [-0.2, -0.15) is 0 Å². The Labute approximate surface area is 107 Å². The van der Waals surface area contributed by atoms with Gasteiger partial charge in [-0.05, 0) is 19.8 Å². The van der Waals surface area contributed by atoms with Crippen molar-refractivity contribution in [2.24, 2.45) is 11.8 Å². The maximum Gasteiger partial charge on any atom is 0.307 e. The first-order valence-corrected chi connectivity index (χ1v) is 6.73. The van der Waals surface area contributed by atoms with Crippen LogP contribution in [0.3, 0.4) is 0 Å². The number of aliphatic carboxylic acids is 1. The summed E-state index contributed by atoms with van der Waals surface area (Å²) in [6.45, 7) is 3.67. The summed E-state index contributed by atoms with van der Waals surface area (Å²) in [5, 5.41) is 9.21. The number of ether oxygens (including phenoxy) is 1. The van der Waals surface area contributed by atoms with Gasteiger partial charge in [-0.1, -0.05) is 12.8 Å². The second-order valence-corrected chi connectivity index (χ2v) is 5.30. The van der Waals surface area contributed by atoms with Gasteiger partial charge in [0, 0.05) is 13.1 Å². The van der Waals surface area contributed by atoms with Crippen molar-refractivity contribution in [3.05, 3.63) is 0 Å². The monoisotopic (exact) mass is 255 g/mol. The van der Waals surface area contributed by atoms with Crippen LogP contribution < -0.4 is 0 Å². The summed E-state index contributed by atoms with van der Waals surface area (Å²) < 4.78 is 5.41. The second kappa shape index (κ2) is 5.69. The number of carbonyl (C=O) groups excluding carboxylic acids is 1. The molecule has 1 unspecified atom stereocenters. The maximum absolute atomic E-state index is 12.4. The molecule has 0 bridgehead atoms. The number of amides is 1. The van der Waals surface area contributed by atoms with Gasteiger partial charge < -0.3 is 14.7 Å². The molecule has 1 aliphatic heterocycles. The molecule has 18 heavy (non-hydrogen) atoms. The van der Waals surface area contributed by atoms with Crippen LogP contribution in [-0.4, -0.2) is 47.7 Å². The molecule has 0 aromatic rings. The summed E-state index contributed by atoms with van der Waals surface area (Å²) in [5.41, 5.74) is 0. The third-order valence-electron chi connectivity index (χ3n) is 3.95. The van der Waals surface area contributed by atoms with Crippen molar-refractivity contribution in [2.45, 2.75) is 38.7 Å². The minimum atomic E-state index is -0.825. The van der Waals surface area contributed by atoms with E-state index in [1.165, 1.54) is 0 Å². The van der Waals surface area contributed by atoms with Crippen molar-refractivity contribution >= 4 is 11.9 Å². The van der Waals surface area contributed by atoms with Crippen LogP contribution in [0, 0.1) is 11.8 Å². The van der Waals surface area contributed by atoms with E-state index in [9.17, 15) is 14.7 Å². The van der Waals surface area contributed by atoms with E-state index in [4.69, 9.17) is 4.74 Å². The molecule has 2 fully saturated rings. The Morgan fingerprint density at radius 2 is 1.89 bits per heavy atom. The van der Waals surface area contributed by atoms with Gasteiger partial charge >= 0.3 is 5.97 Å². The van der Waals surface area contributed by atoms with Crippen LogP contribution in [0.2, 0.25) is 0 Å². The van der Waals surface area contributed by atoms with Crippen molar-refractivity contribution in [1.29, 1.82) is 0 Å². The Balaban J connectivity index is 2.03. The quantitative estimate of drug-likeness (QED) is 0.803. The topological polar surface area (TPSA) is 66.8 Å². The standard InChI is InChI=1S/C13H21NO4/c1-9-8-14(6-7-18-9)12(15)10-4-2-3-5-11(10)13(16)17/h9-11H,2-8H2,1H3,(H,16,17)/t9?,10-,11+/m1/s1. The van der Waals surface area contributed by atoms with E-state index in [-0.39, 0.29) is 17.9 Å². The van der Waals surface area contributed by atoms with Crippen LogP contribution >= 0.6 is 0 Å². The Bertz CT molecular complexity index is 331. The number of carbonyl (C=O) groups is 2. The molecule has 1 saturated carbocycles. The van der Waals surface area contributed by atoms with E-state index >= 15 is 0 Å². The fraction of sp³-hybridized carbons (Fsp3) is 0.846. The molecule has 1 amide bonds. The first kappa shape index (κ1) is 13.3. The molecule has 3 atom stereocenters. The zero-order chi connectivity index (χ0) is 13.1. The number of hydrogen-bond donors (Lipinski definition) is 1. The molecule has 0 radical (unpaired) electrons. The van der Waals surface area contributed by atoms with E-state index in [2.05, 4.69) is 0 Å². The molecule has 0 aromatic carbocycles. The lowest BCUT2D eigenvalue weighted by Crippen LogP contribution is -2.49. The molecule has 2 rings (SSSR count). The number of morpholine rings is 1. The van der Waals surface area contributed by atoms with E-state index in [1.54, 1.807) is 4.90 Å². The fourth-order valence-corrected chi connectivity index (χ4v) is 2.98. The van der Waals surface area contributed by atoms with Gasteiger partial charge in [-0.3, -0.25) is 9.59 Å². The highest BCUT2D eigenvalue weighted by molar-refractivity contribution is 5.85. The first-order chi connectivity index (χ1) is 8.59. The largest absolute Gasteiger partial charge is 0.481 e. The first-order valence-electron chi connectivity index (χ1n) is 6.73. The molecule has 102 valence electrons. The third kappa shape index (κ3) is 2.83. The van der Waals surface area contributed by atoms with Gasteiger partial charge in [-0.25, -0.2) is 0 Å². The Morgan fingerprint density at radius 1 is 1.22 bits per heavy atom. The third-order valence-corrected chi connectivity index (χ3v) is 3.95. The lowest BCUT2D eigenvalue weighted by molar-refractivity contribution is -0.155. The molecule has 1 heterocycles. The van der Waals surface area contributed by atoms with Crippen LogP contribution in [0.15, 0.2) is 0 Å². The van der Waals surface area contributed by atoms with Crippen molar-refractivity contribution in [1.82, 2.24) is 4.90 Å². The van der Waals surface area contributed by atoms with Crippen LogP contribution in [0.5, 0.6) is 0 Å². The molecule has 2 aliphatic rings. The van der Waals surface area contributed by atoms with E-state index in [0.717, 1.165) is 12.8 Å². The molecule has 0 aromatic heterocycles. The summed E-state index contributed by atoms with van der Waals surface area (Å²) in [5.74, 6) is -1.64. The highest BCUT2D eigenvalue weighted by Crippen LogP contribution is 2.32. The normalized spacial score (nSPS) is 33.2. The van der Waals surface area contributed by atoms with Gasteiger partial charge in [0.2, 0.25) is 5.91 Å². The number of hydrogen-bond acceptors (Lipinski definition) is 3. The zero-order valence-electron chi connectivity index (χ0n) is 10.8. The van der Waals surface area contributed by atoms with Gasteiger partial charge in [-0.15, -0.1) is 0 Å².